The van der Waals surface area contributed by atoms with Crippen LogP contribution in [0.3, 0.4) is 0 Å². The van der Waals surface area contributed by atoms with Gasteiger partial charge in [0.25, 0.3) is 0 Å². The molecule has 1 unspecified atom stereocenters. The molecule has 0 spiro atoms. The third-order valence-corrected chi connectivity index (χ3v) is 3.94. The van der Waals surface area contributed by atoms with E-state index in [1.807, 2.05) is 29.2 Å². The normalized spacial score (nSPS) is 20.1. The first-order chi connectivity index (χ1) is 10.0. The van der Waals surface area contributed by atoms with Crippen LogP contribution in [0.5, 0.6) is 5.75 Å². The fourth-order valence-corrected chi connectivity index (χ4v) is 2.80. The predicted molar refractivity (Wildman–Crippen MR) is 85.8 cm³/mol. The summed E-state index contributed by atoms with van der Waals surface area (Å²) in [5.74, 6) is 1.63. The van der Waals surface area contributed by atoms with E-state index in [0.717, 1.165) is 30.9 Å². The summed E-state index contributed by atoms with van der Waals surface area (Å²) in [6.45, 7) is 8.98. The van der Waals surface area contributed by atoms with Gasteiger partial charge in [0, 0.05) is 24.3 Å². The molecule has 0 radical (unpaired) electrons. The third kappa shape index (κ3) is 3.97. The maximum Gasteiger partial charge on any atom is 0.241 e. The number of hydrogen-bond acceptors (Lipinski definition) is 3. The summed E-state index contributed by atoms with van der Waals surface area (Å²) in [6.07, 6.45) is 1.14. The van der Waals surface area contributed by atoms with Gasteiger partial charge in [-0.25, -0.2) is 0 Å². The summed E-state index contributed by atoms with van der Waals surface area (Å²) in [5, 5.41) is 0. The molecule has 4 nitrogen and oxygen atoms in total. The van der Waals surface area contributed by atoms with Crippen LogP contribution in [0.1, 0.15) is 27.2 Å². The molecule has 1 aromatic rings. The quantitative estimate of drug-likeness (QED) is 0.836. The molecule has 1 saturated heterocycles. The molecule has 0 N–H and O–H groups in total. The molecule has 0 aliphatic carbocycles. The number of hydrogen-bond donors (Lipinski definition) is 0. The summed E-state index contributed by atoms with van der Waals surface area (Å²) in [5.41, 5.74) is 0.926. The number of anilines is 1. The molecule has 2 rings (SSSR count). The number of methoxy groups -OCH3 is 1. The smallest absolute Gasteiger partial charge is 0.241 e. The van der Waals surface area contributed by atoms with Crippen LogP contribution in [-0.4, -0.2) is 43.6 Å². The summed E-state index contributed by atoms with van der Waals surface area (Å²) in [7, 11) is 1.65. The minimum Gasteiger partial charge on any atom is -0.497 e. The van der Waals surface area contributed by atoms with Crippen LogP contribution in [0.2, 0.25) is 0 Å². The molecule has 1 heterocycles. The van der Waals surface area contributed by atoms with E-state index < -0.39 is 0 Å². The second kappa shape index (κ2) is 6.94. The number of amides is 1. The van der Waals surface area contributed by atoms with Crippen molar-refractivity contribution < 1.29 is 9.53 Å². The van der Waals surface area contributed by atoms with Gasteiger partial charge in [-0.3, -0.25) is 9.69 Å². The molecule has 1 amide bonds. The van der Waals surface area contributed by atoms with Gasteiger partial charge >= 0.3 is 0 Å². The lowest BCUT2D eigenvalue weighted by molar-refractivity contribution is -0.122. The summed E-state index contributed by atoms with van der Waals surface area (Å²) in [6, 6.07) is 7.92. The van der Waals surface area contributed by atoms with Crippen molar-refractivity contribution >= 4 is 11.6 Å². The fraction of sp³-hybridized carbons (Fsp3) is 0.588. The number of piperazine rings is 1. The Kier molecular flexibility index (Phi) is 5.23. The summed E-state index contributed by atoms with van der Waals surface area (Å²) < 4.78 is 5.25. The minimum atomic E-state index is 0.172. The maximum atomic E-state index is 12.5. The topological polar surface area (TPSA) is 32.8 Å². The van der Waals surface area contributed by atoms with Crippen molar-refractivity contribution in [2.45, 2.75) is 33.2 Å². The molecule has 116 valence electrons. The van der Waals surface area contributed by atoms with Crippen LogP contribution in [0.15, 0.2) is 24.3 Å². The van der Waals surface area contributed by atoms with Crippen LogP contribution >= 0.6 is 0 Å². The molecule has 21 heavy (non-hydrogen) atoms. The van der Waals surface area contributed by atoms with Gasteiger partial charge in [0.2, 0.25) is 5.91 Å². The minimum absolute atomic E-state index is 0.172. The third-order valence-electron chi connectivity index (χ3n) is 3.94. The molecule has 1 aromatic carbocycles. The Labute approximate surface area is 127 Å². The Balaban J connectivity index is 2.07. The number of benzene rings is 1. The van der Waals surface area contributed by atoms with Crippen LogP contribution < -0.4 is 9.64 Å². The number of carbonyl (C=O) groups excluding carboxylic acids is 1. The lowest BCUT2D eigenvalue weighted by atomic mass is 10.1. The average molecular weight is 290 g/mol. The van der Waals surface area contributed by atoms with Crippen molar-refractivity contribution in [3.63, 3.8) is 0 Å². The highest BCUT2D eigenvalue weighted by Gasteiger charge is 2.30. The highest BCUT2D eigenvalue weighted by molar-refractivity contribution is 5.96. The van der Waals surface area contributed by atoms with Crippen LogP contribution in [0, 0.1) is 5.92 Å². The molecular formula is C17H26N2O2. The number of carbonyl (C=O) groups is 1. The largest absolute Gasteiger partial charge is 0.497 e. The molecule has 1 atom stereocenters. The van der Waals surface area contributed by atoms with Crippen molar-refractivity contribution in [3.05, 3.63) is 24.3 Å². The van der Waals surface area contributed by atoms with Crippen molar-refractivity contribution in [1.29, 1.82) is 0 Å². The molecule has 1 aliphatic rings. The van der Waals surface area contributed by atoms with E-state index in [9.17, 15) is 4.79 Å². The van der Waals surface area contributed by atoms with E-state index in [0.29, 0.717) is 12.5 Å². The second-order valence-corrected chi connectivity index (χ2v) is 6.23. The Morgan fingerprint density at radius 3 is 2.76 bits per heavy atom. The number of rotatable bonds is 5. The van der Waals surface area contributed by atoms with Gasteiger partial charge in [-0.1, -0.05) is 19.9 Å². The molecule has 1 aliphatic heterocycles. The van der Waals surface area contributed by atoms with Gasteiger partial charge in [0.15, 0.2) is 0 Å². The Bertz CT molecular complexity index is 487. The Morgan fingerprint density at radius 1 is 1.38 bits per heavy atom. The standard InChI is InChI=1S/C17H26N2O2/c1-13(2)8-9-18-11-14(3)19(17(20)12-18)15-6-5-7-16(10-15)21-4/h5-7,10,13-14H,8-9,11-12H2,1-4H3. The first-order valence-electron chi connectivity index (χ1n) is 7.69. The van der Waals surface area contributed by atoms with E-state index in [1.54, 1.807) is 7.11 Å². The first-order valence-corrected chi connectivity index (χ1v) is 7.69. The highest BCUT2D eigenvalue weighted by Crippen LogP contribution is 2.25. The highest BCUT2D eigenvalue weighted by atomic mass is 16.5. The van der Waals surface area contributed by atoms with Crippen LogP contribution in [-0.2, 0) is 4.79 Å². The Morgan fingerprint density at radius 2 is 2.14 bits per heavy atom. The van der Waals surface area contributed by atoms with E-state index >= 15 is 0 Å². The maximum absolute atomic E-state index is 12.5. The molecule has 4 heteroatoms. The SMILES string of the molecule is COc1cccc(N2C(=O)CN(CCC(C)C)CC2C)c1. The van der Waals surface area contributed by atoms with E-state index in [-0.39, 0.29) is 11.9 Å². The summed E-state index contributed by atoms with van der Waals surface area (Å²) in [4.78, 5) is 16.7. The van der Waals surface area contributed by atoms with Gasteiger partial charge in [0.05, 0.1) is 13.7 Å². The van der Waals surface area contributed by atoms with E-state index in [1.165, 1.54) is 0 Å². The van der Waals surface area contributed by atoms with Crippen LogP contribution in [0.25, 0.3) is 0 Å². The molecule has 0 bridgehead atoms. The predicted octanol–water partition coefficient (Wildman–Crippen LogP) is 2.78. The zero-order valence-electron chi connectivity index (χ0n) is 13.5. The molecule has 1 fully saturated rings. The zero-order valence-corrected chi connectivity index (χ0v) is 13.5. The monoisotopic (exact) mass is 290 g/mol. The van der Waals surface area contributed by atoms with Gasteiger partial charge in [0.1, 0.15) is 5.75 Å². The molecule has 0 saturated carbocycles. The van der Waals surface area contributed by atoms with E-state index in [4.69, 9.17) is 4.74 Å². The van der Waals surface area contributed by atoms with E-state index in [2.05, 4.69) is 25.7 Å². The van der Waals surface area contributed by atoms with Gasteiger partial charge in [-0.2, -0.15) is 0 Å². The summed E-state index contributed by atoms with van der Waals surface area (Å²) >= 11 is 0. The van der Waals surface area contributed by atoms with Crippen molar-refractivity contribution in [2.75, 3.05) is 31.6 Å². The lowest BCUT2D eigenvalue weighted by Crippen LogP contribution is -2.55. The van der Waals surface area contributed by atoms with Crippen molar-refractivity contribution in [2.24, 2.45) is 5.92 Å². The lowest BCUT2D eigenvalue weighted by Gasteiger charge is -2.39. The van der Waals surface area contributed by atoms with Gasteiger partial charge in [-0.05, 0) is 37.9 Å². The first kappa shape index (κ1) is 15.8. The van der Waals surface area contributed by atoms with Crippen molar-refractivity contribution in [3.8, 4) is 5.75 Å². The molecular weight excluding hydrogens is 264 g/mol. The Hall–Kier alpha value is -1.55. The van der Waals surface area contributed by atoms with Crippen LogP contribution in [0.4, 0.5) is 5.69 Å². The zero-order chi connectivity index (χ0) is 15.4. The second-order valence-electron chi connectivity index (χ2n) is 6.23. The molecule has 0 aromatic heterocycles. The average Bonchev–Trinajstić information content (AvgIpc) is 2.44. The number of nitrogens with zero attached hydrogens (tertiary/aromatic N) is 2. The van der Waals surface area contributed by atoms with Gasteiger partial charge in [-0.15, -0.1) is 0 Å². The number of ether oxygens (including phenoxy) is 1. The van der Waals surface area contributed by atoms with Gasteiger partial charge < -0.3 is 9.64 Å². The fourth-order valence-electron chi connectivity index (χ4n) is 2.80. The van der Waals surface area contributed by atoms with Crippen molar-refractivity contribution in [1.82, 2.24) is 4.90 Å².